The van der Waals surface area contributed by atoms with Crippen molar-refractivity contribution in [3.8, 4) is 0 Å². The zero-order valence-corrected chi connectivity index (χ0v) is 15.1. The van der Waals surface area contributed by atoms with Crippen molar-refractivity contribution in [2.75, 3.05) is 0 Å². The van der Waals surface area contributed by atoms with Crippen molar-refractivity contribution < 1.29 is 8.78 Å². The van der Waals surface area contributed by atoms with Crippen LogP contribution in [0.15, 0.2) is 11.6 Å². The van der Waals surface area contributed by atoms with Gasteiger partial charge in [0.1, 0.15) is 12.3 Å². The molecule has 3 saturated carbocycles. The first-order valence-corrected chi connectivity index (χ1v) is 10.7. The SMILES string of the molecule is FC1CCC(C2=CCC(C3CCC(CC4CC4)CC3)CC2)CC1F. The highest BCUT2D eigenvalue weighted by molar-refractivity contribution is 5.13. The van der Waals surface area contributed by atoms with Gasteiger partial charge in [-0.15, -0.1) is 0 Å². The summed E-state index contributed by atoms with van der Waals surface area (Å²) < 4.78 is 27.0. The molecule has 24 heavy (non-hydrogen) atoms. The fraction of sp³-hybridized carbons (Fsp3) is 0.909. The van der Waals surface area contributed by atoms with Crippen molar-refractivity contribution in [1.82, 2.24) is 0 Å². The number of hydrogen-bond donors (Lipinski definition) is 0. The first-order valence-electron chi connectivity index (χ1n) is 10.7. The van der Waals surface area contributed by atoms with E-state index in [-0.39, 0.29) is 0 Å². The van der Waals surface area contributed by atoms with Crippen LogP contribution < -0.4 is 0 Å². The predicted molar refractivity (Wildman–Crippen MR) is 95.3 cm³/mol. The highest BCUT2D eigenvalue weighted by atomic mass is 19.2. The molecule has 0 radical (unpaired) electrons. The first kappa shape index (κ1) is 17.0. The Labute approximate surface area is 146 Å². The third kappa shape index (κ3) is 4.05. The van der Waals surface area contributed by atoms with E-state index >= 15 is 0 Å². The third-order valence-corrected chi connectivity index (χ3v) is 7.63. The molecule has 0 amide bonds. The molecule has 0 nitrogen and oxygen atoms in total. The molecule has 3 fully saturated rings. The molecule has 4 unspecified atom stereocenters. The van der Waals surface area contributed by atoms with E-state index in [1.807, 2.05) is 0 Å². The summed E-state index contributed by atoms with van der Waals surface area (Å²) in [6.07, 6.45) is 15.8. The smallest absolute Gasteiger partial charge is 0.132 e. The summed E-state index contributed by atoms with van der Waals surface area (Å²) in [5, 5.41) is 0. The average Bonchev–Trinajstić information content (AvgIpc) is 3.42. The van der Waals surface area contributed by atoms with Gasteiger partial charge in [0.15, 0.2) is 0 Å². The maximum absolute atomic E-state index is 13.7. The maximum atomic E-state index is 13.7. The third-order valence-electron chi connectivity index (χ3n) is 7.63. The highest BCUT2D eigenvalue weighted by Gasteiger charge is 2.35. The molecule has 136 valence electrons. The number of allylic oxidation sites excluding steroid dienone is 2. The maximum Gasteiger partial charge on any atom is 0.132 e. The second-order valence-electron chi connectivity index (χ2n) is 9.32. The summed E-state index contributed by atoms with van der Waals surface area (Å²) in [6.45, 7) is 0. The van der Waals surface area contributed by atoms with Crippen molar-refractivity contribution in [2.45, 2.75) is 95.8 Å². The van der Waals surface area contributed by atoms with E-state index in [0.717, 1.165) is 36.5 Å². The van der Waals surface area contributed by atoms with Crippen LogP contribution in [0.4, 0.5) is 8.78 Å². The van der Waals surface area contributed by atoms with Crippen LogP contribution >= 0.6 is 0 Å². The number of halogens is 2. The standard InChI is InChI=1S/C22H34F2/c23-21-12-11-20(14-22(21)24)19-9-7-18(8-10-19)17-5-3-16(4-6-17)13-15-1-2-15/h9,15-18,20-22H,1-8,10-14H2. The Balaban J connectivity index is 1.24. The van der Waals surface area contributed by atoms with Gasteiger partial charge in [-0.05, 0) is 87.4 Å². The van der Waals surface area contributed by atoms with E-state index in [0.29, 0.717) is 18.8 Å². The molecular formula is C22H34F2. The van der Waals surface area contributed by atoms with E-state index in [2.05, 4.69) is 6.08 Å². The van der Waals surface area contributed by atoms with Gasteiger partial charge in [-0.2, -0.15) is 0 Å². The largest absolute Gasteiger partial charge is 0.244 e. The molecule has 0 aromatic rings. The molecule has 4 rings (SSSR count). The van der Waals surface area contributed by atoms with Crippen molar-refractivity contribution >= 4 is 0 Å². The summed E-state index contributed by atoms with van der Waals surface area (Å²) >= 11 is 0. The Hall–Kier alpha value is -0.400. The molecule has 0 aliphatic heterocycles. The van der Waals surface area contributed by atoms with Gasteiger partial charge in [0.05, 0.1) is 0 Å². The summed E-state index contributed by atoms with van der Waals surface area (Å²) in [5.74, 6) is 4.26. The van der Waals surface area contributed by atoms with Crippen molar-refractivity contribution in [3.63, 3.8) is 0 Å². The number of rotatable bonds is 4. The molecule has 0 bridgehead atoms. The molecule has 0 N–H and O–H groups in total. The Bertz CT molecular complexity index is 445. The van der Waals surface area contributed by atoms with E-state index < -0.39 is 12.3 Å². The Morgan fingerprint density at radius 1 is 0.750 bits per heavy atom. The molecule has 4 aliphatic carbocycles. The molecule has 0 aromatic heterocycles. The van der Waals surface area contributed by atoms with Gasteiger partial charge in [-0.1, -0.05) is 37.3 Å². The minimum atomic E-state index is -1.22. The van der Waals surface area contributed by atoms with Gasteiger partial charge >= 0.3 is 0 Å². The van der Waals surface area contributed by atoms with Gasteiger partial charge in [0, 0.05) is 0 Å². The normalized spacial score (nSPS) is 44.2. The summed E-state index contributed by atoms with van der Waals surface area (Å²) in [6, 6.07) is 0. The lowest BCUT2D eigenvalue weighted by Crippen LogP contribution is -2.29. The zero-order chi connectivity index (χ0) is 16.5. The number of hydrogen-bond acceptors (Lipinski definition) is 0. The van der Waals surface area contributed by atoms with E-state index in [1.165, 1.54) is 63.4 Å². The highest BCUT2D eigenvalue weighted by Crippen LogP contribution is 2.45. The average molecular weight is 337 g/mol. The van der Waals surface area contributed by atoms with Crippen LogP contribution in [0.3, 0.4) is 0 Å². The molecule has 0 aromatic carbocycles. The predicted octanol–water partition coefficient (Wildman–Crippen LogP) is 6.80. The van der Waals surface area contributed by atoms with Crippen molar-refractivity contribution in [1.29, 1.82) is 0 Å². The molecule has 2 heteroatoms. The van der Waals surface area contributed by atoms with Crippen molar-refractivity contribution in [3.05, 3.63) is 11.6 Å². The molecule has 0 spiro atoms. The first-order chi connectivity index (χ1) is 11.7. The van der Waals surface area contributed by atoms with Gasteiger partial charge in [0.2, 0.25) is 0 Å². The van der Waals surface area contributed by atoms with Crippen molar-refractivity contribution in [2.24, 2.45) is 29.6 Å². The Kier molecular flexibility index (Phi) is 5.29. The zero-order valence-electron chi connectivity index (χ0n) is 15.1. The minimum Gasteiger partial charge on any atom is -0.244 e. The molecule has 0 saturated heterocycles. The van der Waals surface area contributed by atoms with E-state index in [9.17, 15) is 8.78 Å². The van der Waals surface area contributed by atoms with Gasteiger partial charge in [-0.25, -0.2) is 8.78 Å². The second kappa shape index (κ2) is 7.46. The van der Waals surface area contributed by atoms with Crippen LogP contribution in [0.25, 0.3) is 0 Å². The summed E-state index contributed by atoms with van der Waals surface area (Å²) in [5.41, 5.74) is 1.46. The van der Waals surface area contributed by atoms with Gasteiger partial charge < -0.3 is 0 Å². The minimum absolute atomic E-state index is 0.335. The lowest BCUT2D eigenvalue weighted by molar-refractivity contribution is 0.0964. The number of alkyl halides is 2. The molecule has 4 atom stereocenters. The monoisotopic (exact) mass is 336 g/mol. The quantitative estimate of drug-likeness (QED) is 0.495. The van der Waals surface area contributed by atoms with E-state index in [4.69, 9.17) is 0 Å². The van der Waals surface area contributed by atoms with Gasteiger partial charge in [0.25, 0.3) is 0 Å². The Morgan fingerprint density at radius 2 is 1.46 bits per heavy atom. The van der Waals surface area contributed by atoms with Crippen LogP contribution in [0.5, 0.6) is 0 Å². The fourth-order valence-corrected chi connectivity index (χ4v) is 5.81. The van der Waals surface area contributed by atoms with Crippen LogP contribution in [0.1, 0.15) is 83.5 Å². The van der Waals surface area contributed by atoms with Crippen LogP contribution in [0, 0.1) is 29.6 Å². The lowest BCUT2D eigenvalue weighted by atomic mass is 9.69. The molecular weight excluding hydrogens is 302 g/mol. The lowest BCUT2D eigenvalue weighted by Gasteiger charge is -2.37. The van der Waals surface area contributed by atoms with E-state index in [1.54, 1.807) is 0 Å². The molecule has 0 heterocycles. The summed E-state index contributed by atoms with van der Waals surface area (Å²) in [4.78, 5) is 0. The Morgan fingerprint density at radius 3 is 2.04 bits per heavy atom. The molecule has 4 aliphatic rings. The van der Waals surface area contributed by atoms with Crippen LogP contribution in [-0.4, -0.2) is 12.3 Å². The summed E-state index contributed by atoms with van der Waals surface area (Å²) in [7, 11) is 0. The fourth-order valence-electron chi connectivity index (χ4n) is 5.81. The van der Waals surface area contributed by atoms with Gasteiger partial charge in [-0.3, -0.25) is 0 Å². The van der Waals surface area contributed by atoms with Crippen LogP contribution in [-0.2, 0) is 0 Å². The second-order valence-corrected chi connectivity index (χ2v) is 9.32. The topological polar surface area (TPSA) is 0 Å². The van der Waals surface area contributed by atoms with Crippen LogP contribution in [0.2, 0.25) is 0 Å².